The standard InChI is InChI=1S/C17H32O2/c1-6-15(16-7-11(2)9-18-13(16)4)17-8-12(3)10-19-14(17)5/h11-17H,6-10H2,1-5H3. The van der Waals surface area contributed by atoms with Gasteiger partial charge in [0.15, 0.2) is 0 Å². The van der Waals surface area contributed by atoms with Gasteiger partial charge in [0.05, 0.1) is 12.2 Å². The molecule has 2 aliphatic rings. The van der Waals surface area contributed by atoms with Gasteiger partial charge in [0, 0.05) is 13.2 Å². The Bertz CT molecular complexity index is 252. The van der Waals surface area contributed by atoms with E-state index in [1.54, 1.807) is 0 Å². The molecular formula is C17H32O2. The molecule has 0 aromatic heterocycles. The van der Waals surface area contributed by atoms with Crippen molar-refractivity contribution in [2.75, 3.05) is 13.2 Å². The predicted molar refractivity (Wildman–Crippen MR) is 79.2 cm³/mol. The lowest BCUT2D eigenvalue weighted by atomic mass is 9.68. The van der Waals surface area contributed by atoms with Crippen LogP contribution in [0.3, 0.4) is 0 Å². The van der Waals surface area contributed by atoms with Gasteiger partial charge in [-0.3, -0.25) is 0 Å². The summed E-state index contributed by atoms with van der Waals surface area (Å²) < 4.78 is 12.0. The minimum atomic E-state index is 0.422. The zero-order valence-electron chi connectivity index (χ0n) is 13.4. The van der Waals surface area contributed by atoms with E-state index in [1.165, 1.54) is 19.3 Å². The van der Waals surface area contributed by atoms with Gasteiger partial charge in [-0.05, 0) is 56.3 Å². The van der Waals surface area contributed by atoms with Crippen LogP contribution < -0.4 is 0 Å². The number of ether oxygens (including phenoxy) is 2. The largest absolute Gasteiger partial charge is 0.378 e. The van der Waals surface area contributed by atoms with Crippen molar-refractivity contribution < 1.29 is 9.47 Å². The molecule has 0 spiro atoms. The predicted octanol–water partition coefficient (Wildman–Crippen LogP) is 4.13. The van der Waals surface area contributed by atoms with Gasteiger partial charge in [0.2, 0.25) is 0 Å². The molecule has 19 heavy (non-hydrogen) atoms. The van der Waals surface area contributed by atoms with Crippen molar-refractivity contribution in [1.29, 1.82) is 0 Å². The van der Waals surface area contributed by atoms with Gasteiger partial charge in [-0.1, -0.05) is 27.2 Å². The van der Waals surface area contributed by atoms with Crippen LogP contribution in [0.5, 0.6) is 0 Å². The van der Waals surface area contributed by atoms with Gasteiger partial charge in [0.1, 0.15) is 0 Å². The maximum Gasteiger partial charge on any atom is 0.0578 e. The Morgan fingerprint density at radius 3 is 1.63 bits per heavy atom. The van der Waals surface area contributed by atoms with E-state index in [4.69, 9.17) is 9.47 Å². The van der Waals surface area contributed by atoms with Crippen molar-refractivity contribution in [1.82, 2.24) is 0 Å². The monoisotopic (exact) mass is 268 g/mol. The number of hydrogen-bond acceptors (Lipinski definition) is 2. The van der Waals surface area contributed by atoms with E-state index in [0.717, 1.165) is 31.0 Å². The highest BCUT2D eigenvalue weighted by molar-refractivity contribution is 4.88. The Labute approximate surface area is 119 Å². The van der Waals surface area contributed by atoms with E-state index >= 15 is 0 Å². The summed E-state index contributed by atoms with van der Waals surface area (Å²) in [5, 5.41) is 0. The van der Waals surface area contributed by atoms with Gasteiger partial charge in [0.25, 0.3) is 0 Å². The van der Waals surface area contributed by atoms with E-state index in [1.807, 2.05) is 0 Å². The third-order valence-corrected chi connectivity index (χ3v) is 5.41. The summed E-state index contributed by atoms with van der Waals surface area (Å²) in [6.07, 6.45) is 4.77. The number of rotatable bonds is 3. The number of hydrogen-bond donors (Lipinski definition) is 0. The average molecular weight is 268 g/mol. The smallest absolute Gasteiger partial charge is 0.0578 e. The van der Waals surface area contributed by atoms with E-state index in [0.29, 0.717) is 24.0 Å². The first-order chi connectivity index (χ1) is 9.02. The maximum absolute atomic E-state index is 6.00. The molecule has 2 nitrogen and oxygen atoms in total. The van der Waals surface area contributed by atoms with Crippen LogP contribution in [-0.2, 0) is 9.47 Å². The molecule has 0 bridgehead atoms. The van der Waals surface area contributed by atoms with Gasteiger partial charge in [-0.25, -0.2) is 0 Å². The van der Waals surface area contributed by atoms with Crippen molar-refractivity contribution in [3.63, 3.8) is 0 Å². The van der Waals surface area contributed by atoms with E-state index < -0.39 is 0 Å². The molecule has 0 radical (unpaired) electrons. The normalized spacial score (nSPS) is 45.9. The zero-order chi connectivity index (χ0) is 14.0. The third kappa shape index (κ3) is 3.52. The Balaban J connectivity index is 2.08. The van der Waals surface area contributed by atoms with Crippen molar-refractivity contribution in [3.05, 3.63) is 0 Å². The zero-order valence-corrected chi connectivity index (χ0v) is 13.4. The lowest BCUT2D eigenvalue weighted by Crippen LogP contribution is -2.44. The van der Waals surface area contributed by atoms with Gasteiger partial charge >= 0.3 is 0 Å². The lowest BCUT2D eigenvalue weighted by Gasteiger charge is -2.45. The summed E-state index contributed by atoms with van der Waals surface area (Å²) >= 11 is 0. The van der Waals surface area contributed by atoms with E-state index in [9.17, 15) is 0 Å². The topological polar surface area (TPSA) is 18.5 Å². The first kappa shape index (κ1) is 15.3. The molecule has 0 aromatic rings. The molecule has 0 amide bonds. The molecule has 0 aliphatic carbocycles. The minimum absolute atomic E-state index is 0.422. The molecule has 6 unspecified atom stereocenters. The van der Waals surface area contributed by atoms with Crippen LogP contribution in [0.15, 0.2) is 0 Å². The van der Waals surface area contributed by atoms with Gasteiger partial charge in [-0.15, -0.1) is 0 Å². The van der Waals surface area contributed by atoms with Crippen LogP contribution in [0.4, 0.5) is 0 Å². The highest BCUT2D eigenvalue weighted by atomic mass is 16.5. The summed E-state index contributed by atoms with van der Waals surface area (Å²) in [6, 6.07) is 0. The molecule has 0 aromatic carbocycles. The molecule has 2 heteroatoms. The SMILES string of the molecule is CCC(C1CC(C)COC1C)C1CC(C)COC1C. The molecule has 6 atom stereocenters. The van der Waals surface area contributed by atoms with Gasteiger partial charge < -0.3 is 9.47 Å². The Morgan fingerprint density at radius 2 is 1.26 bits per heavy atom. The van der Waals surface area contributed by atoms with Crippen LogP contribution in [-0.4, -0.2) is 25.4 Å². The van der Waals surface area contributed by atoms with Crippen molar-refractivity contribution >= 4 is 0 Å². The summed E-state index contributed by atoms with van der Waals surface area (Å²) in [7, 11) is 0. The molecule has 112 valence electrons. The second kappa shape index (κ2) is 6.58. The average Bonchev–Trinajstić information content (AvgIpc) is 2.38. The first-order valence-electron chi connectivity index (χ1n) is 8.26. The Kier molecular flexibility index (Phi) is 5.30. The van der Waals surface area contributed by atoms with Crippen LogP contribution in [0.25, 0.3) is 0 Å². The van der Waals surface area contributed by atoms with Crippen molar-refractivity contribution in [2.24, 2.45) is 29.6 Å². The van der Waals surface area contributed by atoms with Crippen LogP contribution in [0, 0.1) is 29.6 Å². The second-order valence-electron chi connectivity index (χ2n) is 7.16. The summed E-state index contributed by atoms with van der Waals surface area (Å²) in [5.41, 5.74) is 0. The second-order valence-corrected chi connectivity index (χ2v) is 7.16. The molecule has 2 heterocycles. The summed E-state index contributed by atoms with van der Waals surface area (Å²) in [4.78, 5) is 0. The van der Waals surface area contributed by atoms with Gasteiger partial charge in [-0.2, -0.15) is 0 Å². The fourth-order valence-electron chi connectivity index (χ4n) is 4.30. The molecule has 0 saturated carbocycles. The van der Waals surface area contributed by atoms with Crippen LogP contribution >= 0.6 is 0 Å². The lowest BCUT2D eigenvalue weighted by molar-refractivity contribution is -0.111. The molecule has 0 N–H and O–H groups in total. The highest BCUT2D eigenvalue weighted by Crippen LogP contribution is 2.42. The van der Waals surface area contributed by atoms with Crippen LogP contribution in [0.2, 0.25) is 0 Å². The Hall–Kier alpha value is -0.0800. The molecule has 2 saturated heterocycles. The summed E-state index contributed by atoms with van der Waals surface area (Å²) in [5.74, 6) is 3.63. The van der Waals surface area contributed by atoms with Crippen molar-refractivity contribution in [2.45, 2.75) is 66.1 Å². The fourth-order valence-corrected chi connectivity index (χ4v) is 4.30. The van der Waals surface area contributed by atoms with E-state index in [2.05, 4.69) is 34.6 Å². The molecule has 2 rings (SSSR count). The van der Waals surface area contributed by atoms with Crippen LogP contribution in [0.1, 0.15) is 53.9 Å². The highest BCUT2D eigenvalue weighted by Gasteiger charge is 2.40. The first-order valence-corrected chi connectivity index (χ1v) is 8.26. The maximum atomic E-state index is 6.00. The molecule has 2 fully saturated rings. The Morgan fingerprint density at radius 1 is 0.842 bits per heavy atom. The van der Waals surface area contributed by atoms with Crippen molar-refractivity contribution in [3.8, 4) is 0 Å². The third-order valence-electron chi connectivity index (χ3n) is 5.41. The summed E-state index contributed by atoms with van der Waals surface area (Å²) in [6.45, 7) is 13.4. The fraction of sp³-hybridized carbons (Fsp3) is 1.00. The quantitative estimate of drug-likeness (QED) is 0.766. The minimum Gasteiger partial charge on any atom is -0.378 e. The molecular weight excluding hydrogens is 236 g/mol. The van der Waals surface area contributed by atoms with E-state index in [-0.39, 0.29) is 0 Å². The molecule has 2 aliphatic heterocycles.